The molecule has 0 bridgehead atoms. The number of likely N-dealkylation sites (N-methyl/N-ethyl adjacent to an activating group) is 1. The molecule has 3 aromatic rings. The molecular weight excluding hydrogens is 350 g/mol. The van der Waals surface area contributed by atoms with Gasteiger partial charge in [0.15, 0.2) is 0 Å². The van der Waals surface area contributed by atoms with E-state index in [2.05, 4.69) is 39.6 Å². The lowest BCUT2D eigenvalue weighted by atomic mass is 9.74. The second kappa shape index (κ2) is 5.70. The number of nitrogens with zero attached hydrogens (tertiary/aromatic N) is 2. The van der Waals surface area contributed by atoms with Crippen molar-refractivity contribution >= 4 is 22.5 Å². The summed E-state index contributed by atoms with van der Waals surface area (Å²) in [5, 5.41) is 12.2. The molecule has 0 unspecified atom stereocenters. The van der Waals surface area contributed by atoms with Crippen LogP contribution >= 0.6 is 0 Å². The first-order valence-electron chi connectivity index (χ1n) is 10.5. The number of hydrogen-bond donors (Lipinski definition) is 3. The number of carbonyl (C=O) groups excluding carboxylic acids is 1. The number of nitrogens with one attached hydrogen (secondary N) is 3. The standard InChI is InChI=1S/C22H25N5O/c1-2-27-18-10-15-14-5-3-4-13-12-24-26-19(13)20(14)25-17(15)11-16(18)22(21(27)28)6-8-23-9-7-22/h10-12,23,25H,2-9H2,1H3,(H,24,26). The van der Waals surface area contributed by atoms with Crippen molar-refractivity contribution < 1.29 is 4.79 Å². The van der Waals surface area contributed by atoms with Crippen molar-refractivity contribution in [1.29, 1.82) is 0 Å². The molecule has 4 heterocycles. The molecule has 0 atom stereocenters. The summed E-state index contributed by atoms with van der Waals surface area (Å²) >= 11 is 0. The zero-order valence-electron chi connectivity index (χ0n) is 16.2. The van der Waals surface area contributed by atoms with Crippen molar-refractivity contribution in [3.05, 3.63) is 35.0 Å². The van der Waals surface area contributed by atoms with E-state index in [1.54, 1.807) is 0 Å². The van der Waals surface area contributed by atoms with Gasteiger partial charge >= 0.3 is 0 Å². The topological polar surface area (TPSA) is 76.8 Å². The minimum Gasteiger partial charge on any atom is -0.353 e. The van der Waals surface area contributed by atoms with E-state index in [1.165, 1.54) is 22.1 Å². The highest BCUT2D eigenvalue weighted by Crippen LogP contribution is 2.49. The Morgan fingerprint density at radius 1 is 1.21 bits per heavy atom. The number of rotatable bonds is 1. The lowest BCUT2D eigenvalue weighted by Gasteiger charge is -2.32. The first kappa shape index (κ1) is 16.4. The highest BCUT2D eigenvalue weighted by molar-refractivity contribution is 6.11. The van der Waals surface area contributed by atoms with Gasteiger partial charge in [0.25, 0.3) is 0 Å². The van der Waals surface area contributed by atoms with Gasteiger partial charge in [0, 0.05) is 29.3 Å². The summed E-state index contributed by atoms with van der Waals surface area (Å²) in [6.07, 6.45) is 7.00. The van der Waals surface area contributed by atoms with Crippen LogP contribution in [0.4, 0.5) is 5.69 Å². The van der Waals surface area contributed by atoms with Gasteiger partial charge in [-0.1, -0.05) is 0 Å². The Hall–Kier alpha value is -2.60. The van der Waals surface area contributed by atoms with Crippen molar-refractivity contribution in [2.24, 2.45) is 0 Å². The average Bonchev–Trinajstić information content (AvgIpc) is 3.34. The molecule has 6 heteroatoms. The molecule has 1 amide bonds. The molecule has 28 heavy (non-hydrogen) atoms. The maximum atomic E-state index is 13.4. The zero-order chi connectivity index (χ0) is 18.9. The van der Waals surface area contributed by atoms with Crippen LogP contribution < -0.4 is 10.2 Å². The van der Waals surface area contributed by atoms with Gasteiger partial charge in [-0.25, -0.2) is 0 Å². The SMILES string of the molecule is CCN1C(=O)C2(CCNCC2)c2cc3[nH]c4c(c3cc21)CCCc1c[nH]nc1-4. The van der Waals surface area contributed by atoms with Crippen LogP contribution in [-0.2, 0) is 23.1 Å². The van der Waals surface area contributed by atoms with Gasteiger partial charge in [0.2, 0.25) is 5.91 Å². The second-order valence-corrected chi connectivity index (χ2v) is 8.39. The van der Waals surface area contributed by atoms with E-state index in [1.807, 2.05) is 11.1 Å². The number of piperidine rings is 1. The molecule has 3 N–H and O–H groups in total. The number of benzene rings is 1. The third kappa shape index (κ3) is 1.96. The fraction of sp³-hybridized carbons (Fsp3) is 0.455. The first-order chi connectivity index (χ1) is 13.7. The minimum atomic E-state index is -0.356. The predicted octanol–water partition coefficient (Wildman–Crippen LogP) is 3.03. The number of aromatic nitrogens is 3. The highest BCUT2D eigenvalue weighted by atomic mass is 16.2. The van der Waals surface area contributed by atoms with Gasteiger partial charge in [-0.05, 0) is 80.9 Å². The summed E-state index contributed by atoms with van der Waals surface area (Å²) in [6.45, 7) is 4.61. The fourth-order valence-electron chi connectivity index (χ4n) is 5.67. The molecule has 1 fully saturated rings. The molecule has 1 aliphatic carbocycles. The second-order valence-electron chi connectivity index (χ2n) is 8.39. The molecule has 1 spiro atoms. The molecule has 144 valence electrons. The lowest BCUT2D eigenvalue weighted by Crippen LogP contribution is -2.47. The molecule has 2 aliphatic heterocycles. The van der Waals surface area contributed by atoms with Gasteiger partial charge in [0.05, 0.1) is 11.1 Å². The molecular formula is C22H25N5O. The third-order valence-electron chi connectivity index (χ3n) is 7.09. The van der Waals surface area contributed by atoms with Crippen molar-refractivity contribution in [2.45, 2.75) is 44.4 Å². The lowest BCUT2D eigenvalue weighted by molar-refractivity contribution is -0.124. The molecule has 1 saturated heterocycles. The number of carbonyl (C=O) groups is 1. The van der Waals surface area contributed by atoms with E-state index in [4.69, 9.17) is 0 Å². The molecule has 1 aromatic carbocycles. The molecule has 6 rings (SSSR count). The summed E-state index contributed by atoms with van der Waals surface area (Å²) in [6, 6.07) is 4.54. The average molecular weight is 375 g/mol. The number of hydrogen-bond acceptors (Lipinski definition) is 3. The Labute approximate surface area is 163 Å². The van der Waals surface area contributed by atoms with Crippen LogP contribution in [0.5, 0.6) is 0 Å². The summed E-state index contributed by atoms with van der Waals surface area (Å²) in [5.74, 6) is 0.292. The minimum absolute atomic E-state index is 0.292. The van der Waals surface area contributed by atoms with Crippen LogP contribution in [0.1, 0.15) is 42.9 Å². The number of aromatic amines is 2. The van der Waals surface area contributed by atoms with Crippen LogP contribution in [0.3, 0.4) is 0 Å². The zero-order valence-corrected chi connectivity index (χ0v) is 16.2. The number of amides is 1. The predicted molar refractivity (Wildman–Crippen MR) is 110 cm³/mol. The normalized spacial score (nSPS) is 20.3. The van der Waals surface area contributed by atoms with E-state index in [0.717, 1.165) is 74.3 Å². The molecule has 2 aromatic heterocycles. The van der Waals surface area contributed by atoms with E-state index >= 15 is 0 Å². The Morgan fingerprint density at radius 2 is 2.07 bits per heavy atom. The Balaban J connectivity index is 1.61. The number of anilines is 1. The molecule has 6 nitrogen and oxygen atoms in total. The van der Waals surface area contributed by atoms with Gasteiger partial charge in [-0.2, -0.15) is 5.10 Å². The number of aryl methyl sites for hydroxylation is 2. The Kier molecular flexibility index (Phi) is 3.33. The molecule has 3 aliphatic rings. The quantitative estimate of drug-likeness (QED) is 0.612. The van der Waals surface area contributed by atoms with E-state index in [9.17, 15) is 4.79 Å². The fourth-order valence-corrected chi connectivity index (χ4v) is 5.67. The Bertz CT molecular complexity index is 1100. The third-order valence-corrected chi connectivity index (χ3v) is 7.09. The van der Waals surface area contributed by atoms with Crippen LogP contribution in [-0.4, -0.2) is 40.7 Å². The first-order valence-corrected chi connectivity index (χ1v) is 10.5. The maximum Gasteiger partial charge on any atom is 0.237 e. The van der Waals surface area contributed by atoms with Gasteiger partial charge in [-0.3, -0.25) is 9.89 Å². The van der Waals surface area contributed by atoms with Crippen molar-refractivity contribution in [3.63, 3.8) is 0 Å². The van der Waals surface area contributed by atoms with Gasteiger partial charge < -0.3 is 15.2 Å². The van der Waals surface area contributed by atoms with E-state index in [0.29, 0.717) is 5.91 Å². The highest BCUT2D eigenvalue weighted by Gasteiger charge is 2.50. The molecule has 0 saturated carbocycles. The monoisotopic (exact) mass is 375 g/mol. The van der Waals surface area contributed by atoms with Crippen molar-refractivity contribution in [1.82, 2.24) is 20.5 Å². The van der Waals surface area contributed by atoms with Crippen LogP contribution in [0, 0.1) is 0 Å². The van der Waals surface area contributed by atoms with Crippen LogP contribution in [0.25, 0.3) is 22.3 Å². The summed E-state index contributed by atoms with van der Waals surface area (Å²) < 4.78 is 0. The number of H-pyrrole nitrogens is 2. The van der Waals surface area contributed by atoms with Crippen LogP contribution in [0.15, 0.2) is 18.3 Å². The summed E-state index contributed by atoms with van der Waals surface area (Å²) in [4.78, 5) is 19.1. The summed E-state index contributed by atoms with van der Waals surface area (Å²) in [5.41, 5.74) is 7.97. The molecule has 0 radical (unpaired) electrons. The van der Waals surface area contributed by atoms with E-state index in [-0.39, 0.29) is 5.41 Å². The van der Waals surface area contributed by atoms with Gasteiger partial charge in [-0.15, -0.1) is 0 Å². The van der Waals surface area contributed by atoms with Gasteiger partial charge in [0.1, 0.15) is 5.69 Å². The smallest absolute Gasteiger partial charge is 0.237 e. The summed E-state index contributed by atoms with van der Waals surface area (Å²) in [7, 11) is 0. The van der Waals surface area contributed by atoms with Crippen molar-refractivity contribution in [3.8, 4) is 11.4 Å². The largest absolute Gasteiger partial charge is 0.353 e. The maximum absolute atomic E-state index is 13.4. The number of fused-ring (bicyclic) bond motifs is 7. The van der Waals surface area contributed by atoms with Crippen LogP contribution in [0.2, 0.25) is 0 Å². The Morgan fingerprint density at radius 3 is 2.89 bits per heavy atom. The van der Waals surface area contributed by atoms with Crippen molar-refractivity contribution in [2.75, 3.05) is 24.5 Å². The van der Waals surface area contributed by atoms with E-state index < -0.39 is 0 Å².